The molecule has 0 saturated carbocycles. The molecule has 28 heavy (non-hydrogen) atoms. The van der Waals surface area contributed by atoms with E-state index in [-0.39, 0.29) is 18.9 Å². The maximum Gasteiger partial charge on any atom is 0.276 e. The Morgan fingerprint density at radius 2 is 1.93 bits per heavy atom. The zero-order valence-corrected chi connectivity index (χ0v) is 17.4. The largest absolute Gasteiger partial charge is 0.483 e. The van der Waals surface area contributed by atoms with Gasteiger partial charge in [-0.3, -0.25) is 20.4 Å². The highest BCUT2D eigenvalue weighted by molar-refractivity contribution is 7.23. The van der Waals surface area contributed by atoms with Gasteiger partial charge in [-0.1, -0.05) is 36.7 Å². The van der Waals surface area contributed by atoms with Gasteiger partial charge in [0.05, 0.1) is 21.3 Å². The Balaban J connectivity index is 1.44. The lowest BCUT2D eigenvalue weighted by Crippen LogP contribution is -2.44. The molecule has 0 unspecified atom stereocenters. The van der Waals surface area contributed by atoms with Crippen molar-refractivity contribution in [3.63, 3.8) is 0 Å². The molecule has 0 aliphatic carbocycles. The van der Waals surface area contributed by atoms with E-state index >= 15 is 0 Å². The minimum absolute atomic E-state index is 0.0649. The SMILES string of the molecule is CCc1ccccc1OCC(=O)NNC(=O)Cc1csc(-c2ccc(Cl)s2)n1. The van der Waals surface area contributed by atoms with Crippen molar-refractivity contribution in [2.45, 2.75) is 19.8 Å². The van der Waals surface area contributed by atoms with Crippen molar-refractivity contribution in [3.8, 4) is 15.6 Å². The number of aryl methyl sites for hydroxylation is 1. The molecule has 2 amide bonds. The van der Waals surface area contributed by atoms with Crippen molar-refractivity contribution < 1.29 is 14.3 Å². The number of hydrazine groups is 1. The lowest BCUT2D eigenvalue weighted by molar-refractivity contribution is -0.129. The van der Waals surface area contributed by atoms with Crippen molar-refractivity contribution in [2.24, 2.45) is 0 Å². The summed E-state index contributed by atoms with van der Waals surface area (Å²) < 4.78 is 6.20. The van der Waals surface area contributed by atoms with Crippen molar-refractivity contribution in [1.82, 2.24) is 15.8 Å². The Labute approximate surface area is 175 Å². The zero-order chi connectivity index (χ0) is 19.9. The number of nitrogens with one attached hydrogen (secondary N) is 2. The third-order valence-corrected chi connectivity index (χ3v) is 6.02. The Kier molecular flexibility index (Phi) is 7.02. The van der Waals surface area contributed by atoms with E-state index in [2.05, 4.69) is 15.8 Å². The Morgan fingerprint density at radius 1 is 1.14 bits per heavy atom. The zero-order valence-electron chi connectivity index (χ0n) is 15.0. The number of hydrogen-bond acceptors (Lipinski definition) is 6. The fourth-order valence-corrected chi connectivity index (χ4v) is 4.33. The van der Waals surface area contributed by atoms with Crippen LogP contribution < -0.4 is 15.6 Å². The number of rotatable bonds is 7. The molecular weight excluding hydrogens is 418 g/mol. The average Bonchev–Trinajstić information content (AvgIpc) is 3.33. The summed E-state index contributed by atoms with van der Waals surface area (Å²) in [7, 11) is 0. The van der Waals surface area contributed by atoms with Crippen LogP contribution in [0, 0.1) is 0 Å². The molecule has 0 spiro atoms. The van der Waals surface area contributed by atoms with Crippen LogP contribution in [-0.2, 0) is 22.4 Å². The van der Waals surface area contributed by atoms with Crippen molar-refractivity contribution in [2.75, 3.05) is 6.61 Å². The van der Waals surface area contributed by atoms with E-state index in [1.54, 1.807) is 0 Å². The number of benzene rings is 1. The number of ether oxygens (including phenoxy) is 1. The highest BCUT2D eigenvalue weighted by Gasteiger charge is 2.12. The Bertz CT molecular complexity index is 971. The molecule has 0 bridgehead atoms. The number of hydrogen-bond donors (Lipinski definition) is 2. The molecular formula is C19H18ClN3O3S2. The van der Waals surface area contributed by atoms with Crippen molar-refractivity contribution >= 4 is 46.1 Å². The number of thiazole rings is 1. The summed E-state index contributed by atoms with van der Waals surface area (Å²) in [6.07, 6.45) is 0.872. The van der Waals surface area contributed by atoms with Gasteiger partial charge in [0, 0.05) is 5.38 Å². The maximum atomic E-state index is 12.0. The molecule has 0 radical (unpaired) electrons. The number of nitrogens with zero attached hydrogens (tertiary/aromatic N) is 1. The predicted octanol–water partition coefficient (Wildman–Crippen LogP) is 3.86. The molecule has 2 heterocycles. The molecule has 0 atom stereocenters. The molecule has 2 aromatic heterocycles. The molecule has 0 saturated heterocycles. The fraction of sp³-hybridized carbons (Fsp3) is 0.211. The van der Waals surface area contributed by atoms with Crippen LogP contribution in [0.25, 0.3) is 9.88 Å². The smallest absolute Gasteiger partial charge is 0.276 e. The fourth-order valence-electron chi connectivity index (χ4n) is 2.39. The predicted molar refractivity (Wildman–Crippen MR) is 112 cm³/mol. The van der Waals surface area contributed by atoms with E-state index < -0.39 is 5.91 Å². The normalized spacial score (nSPS) is 10.5. The van der Waals surface area contributed by atoms with Crippen LogP contribution in [0.2, 0.25) is 4.34 Å². The van der Waals surface area contributed by atoms with E-state index in [9.17, 15) is 9.59 Å². The quantitative estimate of drug-likeness (QED) is 0.552. The standard InChI is InChI=1S/C19H18ClN3O3S2/c1-2-12-5-3-4-6-14(12)26-10-18(25)23-22-17(24)9-13-11-27-19(21-13)15-7-8-16(20)28-15/h3-8,11H,2,9-10H2,1H3,(H,22,24)(H,23,25). The third-order valence-electron chi connectivity index (χ3n) is 3.73. The summed E-state index contributed by atoms with van der Waals surface area (Å²) in [4.78, 5) is 29.3. The Morgan fingerprint density at radius 3 is 2.68 bits per heavy atom. The minimum atomic E-state index is -0.438. The molecule has 146 valence electrons. The van der Waals surface area contributed by atoms with Gasteiger partial charge in [-0.25, -0.2) is 4.98 Å². The molecule has 1 aromatic carbocycles. The first-order valence-electron chi connectivity index (χ1n) is 8.53. The topological polar surface area (TPSA) is 80.3 Å². The second-order valence-corrected chi connectivity index (χ2v) is 8.34. The number of carbonyl (C=O) groups is 2. The molecule has 0 aliphatic heterocycles. The molecule has 6 nitrogen and oxygen atoms in total. The van der Waals surface area contributed by atoms with Crippen LogP contribution in [0.1, 0.15) is 18.2 Å². The van der Waals surface area contributed by atoms with Gasteiger partial charge >= 0.3 is 0 Å². The van der Waals surface area contributed by atoms with Crippen LogP contribution >= 0.6 is 34.3 Å². The summed E-state index contributed by atoms with van der Waals surface area (Å²) in [6.45, 7) is 1.83. The monoisotopic (exact) mass is 435 g/mol. The van der Waals surface area contributed by atoms with Gasteiger partial charge < -0.3 is 4.74 Å². The van der Waals surface area contributed by atoms with Crippen LogP contribution in [0.5, 0.6) is 5.75 Å². The van der Waals surface area contributed by atoms with E-state index in [4.69, 9.17) is 16.3 Å². The van der Waals surface area contributed by atoms with Crippen LogP contribution in [0.3, 0.4) is 0 Å². The number of amides is 2. The van der Waals surface area contributed by atoms with E-state index in [1.165, 1.54) is 22.7 Å². The summed E-state index contributed by atoms with van der Waals surface area (Å²) in [6, 6.07) is 11.2. The van der Waals surface area contributed by atoms with Gasteiger partial charge in [-0.2, -0.15) is 0 Å². The summed E-state index contributed by atoms with van der Waals surface area (Å²) in [5.74, 6) is -0.134. The van der Waals surface area contributed by atoms with Gasteiger partial charge in [0.15, 0.2) is 6.61 Å². The molecule has 0 aliphatic rings. The number of carbonyl (C=O) groups excluding carboxylic acids is 2. The van der Waals surface area contributed by atoms with Crippen molar-refractivity contribution in [1.29, 1.82) is 0 Å². The highest BCUT2D eigenvalue weighted by atomic mass is 35.5. The van der Waals surface area contributed by atoms with E-state index in [0.717, 1.165) is 21.9 Å². The van der Waals surface area contributed by atoms with Crippen molar-refractivity contribution in [3.05, 3.63) is 57.4 Å². The van der Waals surface area contributed by atoms with Crippen LogP contribution in [0.4, 0.5) is 0 Å². The van der Waals surface area contributed by atoms with Gasteiger partial charge in [-0.15, -0.1) is 22.7 Å². The van der Waals surface area contributed by atoms with Crippen LogP contribution in [0.15, 0.2) is 41.8 Å². The Hall–Kier alpha value is -2.42. The summed E-state index contributed by atoms with van der Waals surface area (Å²) in [5.41, 5.74) is 6.37. The second-order valence-electron chi connectivity index (χ2n) is 5.77. The van der Waals surface area contributed by atoms with Gasteiger partial charge in [-0.05, 0) is 30.2 Å². The summed E-state index contributed by atoms with van der Waals surface area (Å²) >= 11 is 8.81. The van der Waals surface area contributed by atoms with Gasteiger partial charge in [0.2, 0.25) is 5.91 Å². The van der Waals surface area contributed by atoms with Gasteiger partial charge in [0.1, 0.15) is 10.8 Å². The second kappa shape index (κ2) is 9.68. The molecule has 3 rings (SSSR count). The average molecular weight is 436 g/mol. The summed E-state index contributed by atoms with van der Waals surface area (Å²) in [5, 5.41) is 2.63. The molecule has 9 heteroatoms. The number of halogens is 1. The first kappa shape index (κ1) is 20.3. The molecule has 2 N–H and O–H groups in total. The lowest BCUT2D eigenvalue weighted by atomic mass is 10.1. The van der Waals surface area contributed by atoms with E-state index in [0.29, 0.717) is 15.8 Å². The first-order valence-corrected chi connectivity index (χ1v) is 10.6. The van der Waals surface area contributed by atoms with E-state index in [1.807, 2.05) is 48.7 Å². The lowest BCUT2D eigenvalue weighted by Gasteiger charge is -2.10. The number of thiophene rings is 1. The number of aromatic nitrogens is 1. The first-order chi connectivity index (χ1) is 13.5. The maximum absolute atomic E-state index is 12.0. The molecule has 3 aromatic rings. The minimum Gasteiger partial charge on any atom is -0.483 e. The highest BCUT2D eigenvalue weighted by Crippen LogP contribution is 2.32. The third kappa shape index (κ3) is 5.54. The van der Waals surface area contributed by atoms with Crippen LogP contribution in [-0.4, -0.2) is 23.4 Å². The van der Waals surface area contributed by atoms with Gasteiger partial charge in [0.25, 0.3) is 5.91 Å². The number of para-hydroxylation sites is 1. The molecule has 0 fully saturated rings.